The van der Waals surface area contributed by atoms with E-state index in [2.05, 4.69) is 24.0 Å². The summed E-state index contributed by atoms with van der Waals surface area (Å²) in [5.74, 6) is -0.241. The van der Waals surface area contributed by atoms with E-state index >= 15 is 0 Å². The van der Waals surface area contributed by atoms with Gasteiger partial charge in [0.1, 0.15) is 0 Å². The van der Waals surface area contributed by atoms with Gasteiger partial charge in [0.2, 0.25) is 5.91 Å². The number of amides is 1. The summed E-state index contributed by atoms with van der Waals surface area (Å²) in [5, 5.41) is 1.15. The van der Waals surface area contributed by atoms with Gasteiger partial charge in [0.25, 0.3) is 0 Å². The smallest absolute Gasteiger partial charge is 0.227 e. The van der Waals surface area contributed by atoms with E-state index < -0.39 is 5.79 Å². The Bertz CT molecular complexity index is 721. The van der Waals surface area contributed by atoms with Crippen molar-refractivity contribution in [3.05, 3.63) is 35.5 Å². The maximum atomic E-state index is 12.6. The summed E-state index contributed by atoms with van der Waals surface area (Å²) >= 11 is 0. The minimum Gasteiger partial charge on any atom is -0.361 e. The van der Waals surface area contributed by atoms with Crippen LogP contribution in [0.4, 0.5) is 0 Å². The minimum absolute atomic E-state index is 0.181. The van der Waals surface area contributed by atoms with E-state index in [0.717, 1.165) is 29.3 Å². The minimum atomic E-state index is -0.422. The van der Waals surface area contributed by atoms with Crippen LogP contribution in [-0.4, -0.2) is 47.9 Å². The van der Waals surface area contributed by atoms with E-state index in [0.29, 0.717) is 32.7 Å². The second-order valence-electron chi connectivity index (χ2n) is 6.48. The molecule has 3 heterocycles. The molecule has 0 saturated carbocycles. The number of H-pyrrole nitrogens is 1. The van der Waals surface area contributed by atoms with Crippen LogP contribution >= 0.6 is 0 Å². The number of piperidine rings is 1. The van der Waals surface area contributed by atoms with E-state index in [4.69, 9.17) is 9.47 Å². The molecule has 2 aliphatic rings. The molecule has 0 aliphatic carbocycles. The van der Waals surface area contributed by atoms with Gasteiger partial charge in [-0.15, -0.1) is 0 Å². The molecule has 2 aromatic rings. The normalized spacial score (nSPS) is 20.5. The topological polar surface area (TPSA) is 54.6 Å². The Morgan fingerprint density at radius 2 is 2.00 bits per heavy atom. The van der Waals surface area contributed by atoms with Crippen LogP contribution in [0.2, 0.25) is 0 Å². The Kier molecular flexibility index (Phi) is 3.62. The molecule has 2 fully saturated rings. The third-order valence-corrected chi connectivity index (χ3v) is 5.04. The summed E-state index contributed by atoms with van der Waals surface area (Å²) in [6.45, 7) is 4.84. The highest BCUT2D eigenvalue weighted by molar-refractivity contribution is 5.90. The molecular formula is C18H22N2O3. The van der Waals surface area contributed by atoms with Gasteiger partial charge in [0, 0.05) is 43.0 Å². The number of aromatic amines is 1. The van der Waals surface area contributed by atoms with Crippen LogP contribution in [0.5, 0.6) is 0 Å². The number of aromatic nitrogens is 1. The summed E-state index contributed by atoms with van der Waals surface area (Å²) in [4.78, 5) is 17.9. The average Bonchev–Trinajstić information content (AvgIpc) is 3.17. The number of ether oxygens (including phenoxy) is 2. The zero-order valence-electron chi connectivity index (χ0n) is 13.4. The lowest BCUT2D eigenvalue weighted by Gasteiger charge is -2.37. The molecule has 1 spiro atoms. The molecule has 1 aromatic heterocycles. The van der Waals surface area contributed by atoms with Crippen LogP contribution in [0.25, 0.3) is 10.9 Å². The predicted molar refractivity (Wildman–Crippen MR) is 87.2 cm³/mol. The molecule has 23 heavy (non-hydrogen) atoms. The number of para-hydroxylation sites is 1. The fraction of sp³-hybridized carbons (Fsp3) is 0.500. The number of aryl methyl sites for hydroxylation is 1. The second-order valence-corrected chi connectivity index (χ2v) is 6.48. The first-order valence-electron chi connectivity index (χ1n) is 8.28. The molecule has 5 nitrogen and oxygen atoms in total. The van der Waals surface area contributed by atoms with Crippen LogP contribution in [0.15, 0.2) is 24.4 Å². The summed E-state index contributed by atoms with van der Waals surface area (Å²) < 4.78 is 11.4. The lowest BCUT2D eigenvalue weighted by atomic mass is 10.0. The molecule has 1 aromatic carbocycles. The third-order valence-electron chi connectivity index (χ3n) is 5.04. The predicted octanol–water partition coefficient (Wildman–Crippen LogP) is 2.38. The molecule has 2 aliphatic heterocycles. The first kappa shape index (κ1) is 14.7. The van der Waals surface area contributed by atoms with Gasteiger partial charge < -0.3 is 19.4 Å². The fourth-order valence-corrected chi connectivity index (χ4v) is 3.67. The molecule has 2 saturated heterocycles. The van der Waals surface area contributed by atoms with E-state index in [1.807, 2.05) is 17.2 Å². The summed E-state index contributed by atoms with van der Waals surface area (Å²) in [6.07, 6.45) is 3.94. The SMILES string of the molecule is Cc1cccc2c(CC(=O)N3CCC4(CC3)OCCO4)c[nH]c12. The van der Waals surface area contributed by atoms with Gasteiger partial charge in [-0.25, -0.2) is 0 Å². The van der Waals surface area contributed by atoms with Gasteiger partial charge in [-0.3, -0.25) is 4.79 Å². The molecule has 0 bridgehead atoms. The molecule has 5 heteroatoms. The van der Waals surface area contributed by atoms with Crippen molar-refractivity contribution in [2.45, 2.75) is 32.0 Å². The number of nitrogens with zero attached hydrogens (tertiary/aromatic N) is 1. The number of carbonyl (C=O) groups excluding carboxylic acids is 1. The number of likely N-dealkylation sites (tertiary alicyclic amines) is 1. The maximum absolute atomic E-state index is 12.6. The lowest BCUT2D eigenvalue weighted by Crippen LogP contribution is -2.47. The number of fused-ring (bicyclic) bond motifs is 1. The Balaban J connectivity index is 1.44. The Hall–Kier alpha value is -1.85. The third kappa shape index (κ3) is 2.64. The summed E-state index contributed by atoms with van der Waals surface area (Å²) in [6, 6.07) is 6.20. The Morgan fingerprint density at radius 1 is 1.26 bits per heavy atom. The zero-order chi connectivity index (χ0) is 15.9. The maximum Gasteiger partial charge on any atom is 0.227 e. The van der Waals surface area contributed by atoms with E-state index in [1.165, 1.54) is 5.56 Å². The summed E-state index contributed by atoms with van der Waals surface area (Å²) in [5.41, 5.74) is 3.40. The molecular weight excluding hydrogens is 292 g/mol. The van der Waals surface area contributed by atoms with E-state index in [9.17, 15) is 4.79 Å². The highest BCUT2D eigenvalue weighted by atomic mass is 16.7. The molecule has 122 valence electrons. The number of carbonyl (C=O) groups is 1. The number of rotatable bonds is 2. The average molecular weight is 314 g/mol. The Morgan fingerprint density at radius 3 is 2.74 bits per heavy atom. The van der Waals surface area contributed by atoms with Crippen molar-refractivity contribution in [1.29, 1.82) is 0 Å². The van der Waals surface area contributed by atoms with Crippen LogP contribution in [-0.2, 0) is 20.7 Å². The second kappa shape index (κ2) is 5.65. The molecule has 0 atom stereocenters. The lowest BCUT2D eigenvalue weighted by molar-refractivity contribution is -0.187. The Labute approximate surface area is 135 Å². The zero-order valence-corrected chi connectivity index (χ0v) is 13.4. The highest BCUT2D eigenvalue weighted by Crippen LogP contribution is 2.31. The number of benzene rings is 1. The van der Waals surface area contributed by atoms with Crippen molar-refractivity contribution in [3.63, 3.8) is 0 Å². The van der Waals surface area contributed by atoms with Crippen molar-refractivity contribution in [2.75, 3.05) is 26.3 Å². The molecule has 1 N–H and O–H groups in total. The molecule has 0 radical (unpaired) electrons. The summed E-state index contributed by atoms with van der Waals surface area (Å²) in [7, 11) is 0. The first-order valence-corrected chi connectivity index (χ1v) is 8.28. The first-order chi connectivity index (χ1) is 11.2. The van der Waals surface area contributed by atoms with Gasteiger partial charge >= 0.3 is 0 Å². The van der Waals surface area contributed by atoms with E-state index in [-0.39, 0.29) is 5.91 Å². The van der Waals surface area contributed by atoms with Crippen molar-refractivity contribution in [2.24, 2.45) is 0 Å². The van der Waals surface area contributed by atoms with Crippen LogP contribution < -0.4 is 0 Å². The monoisotopic (exact) mass is 314 g/mol. The van der Waals surface area contributed by atoms with Crippen LogP contribution in [0.3, 0.4) is 0 Å². The quantitative estimate of drug-likeness (QED) is 0.926. The van der Waals surface area contributed by atoms with Crippen molar-refractivity contribution in [1.82, 2.24) is 9.88 Å². The highest BCUT2D eigenvalue weighted by Gasteiger charge is 2.40. The number of hydrogen-bond donors (Lipinski definition) is 1. The van der Waals surface area contributed by atoms with Crippen LogP contribution in [0, 0.1) is 6.92 Å². The van der Waals surface area contributed by atoms with Crippen LogP contribution in [0.1, 0.15) is 24.0 Å². The van der Waals surface area contributed by atoms with Gasteiger partial charge in [-0.05, 0) is 18.1 Å². The van der Waals surface area contributed by atoms with Gasteiger partial charge in [-0.1, -0.05) is 18.2 Å². The number of nitrogens with one attached hydrogen (secondary N) is 1. The molecule has 1 amide bonds. The van der Waals surface area contributed by atoms with Gasteiger partial charge in [0.05, 0.1) is 19.6 Å². The molecule has 0 unspecified atom stereocenters. The van der Waals surface area contributed by atoms with Crippen molar-refractivity contribution >= 4 is 16.8 Å². The van der Waals surface area contributed by atoms with E-state index in [1.54, 1.807) is 0 Å². The van der Waals surface area contributed by atoms with Crippen molar-refractivity contribution < 1.29 is 14.3 Å². The van der Waals surface area contributed by atoms with Gasteiger partial charge in [0.15, 0.2) is 5.79 Å². The van der Waals surface area contributed by atoms with Crippen molar-refractivity contribution in [3.8, 4) is 0 Å². The van der Waals surface area contributed by atoms with Gasteiger partial charge in [-0.2, -0.15) is 0 Å². The molecule has 4 rings (SSSR count). The fourth-order valence-electron chi connectivity index (χ4n) is 3.67. The standard InChI is InChI=1S/C18H22N2O3/c1-13-3-2-4-15-14(12-19-17(13)15)11-16(21)20-7-5-18(6-8-20)22-9-10-23-18/h2-4,12,19H,5-11H2,1H3. The largest absolute Gasteiger partial charge is 0.361 e. The number of hydrogen-bond acceptors (Lipinski definition) is 3.